The van der Waals surface area contributed by atoms with Gasteiger partial charge in [-0.05, 0) is 31.0 Å². The number of hydrogen-bond acceptors (Lipinski definition) is 4. The molecule has 0 aromatic heterocycles. The van der Waals surface area contributed by atoms with Crippen molar-refractivity contribution in [1.82, 2.24) is 0 Å². The first-order valence-electron chi connectivity index (χ1n) is 5.19. The zero-order chi connectivity index (χ0) is 13.6. The van der Waals surface area contributed by atoms with Gasteiger partial charge < -0.3 is 4.74 Å². The lowest BCUT2D eigenvalue weighted by atomic mass is 10.2. The Balaban J connectivity index is 2.74. The summed E-state index contributed by atoms with van der Waals surface area (Å²) in [6, 6.07) is 5.11. The maximum Gasteiger partial charge on any atom is 0.265 e. The molecule has 0 aliphatic rings. The topological polar surface area (TPSA) is 67.2 Å². The van der Waals surface area contributed by atoms with Gasteiger partial charge in [0.05, 0.1) is 12.7 Å². The first-order valence-corrected chi connectivity index (χ1v) is 7.50. The minimum Gasteiger partial charge on any atom is -0.492 e. The number of unbranched alkanes of at least 4 members (excludes halogenated alkanes) is 2. The fraction of sp³-hybridized carbons (Fsp3) is 0.364. The average molecular weight is 292 g/mol. The van der Waals surface area contributed by atoms with Crippen LogP contribution in [0.2, 0.25) is 0 Å². The van der Waals surface area contributed by atoms with Crippen molar-refractivity contribution in [2.24, 2.45) is 0 Å². The highest BCUT2D eigenvalue weighted by molar-refractivity contribution is 8.13. The second-order valence-electron chi connectivity index (χ2n) is 3.49. The summed E-state index contributed by atoms with van der Waals surface area (Å²) >= 11 is 0. The van der Waals surface area contributed by atoms with Gasteiger partial charge in [-0.3, -0.25) is 0 Å². The molecule has 0 bridgehead atoms. The molecule has 98 valence electrons. The van der Waals surface area contributed by atoms with E-state index in [1.807, 2.05) is 6.07 Å². The van der Waals surface area contributed by atoms with Crippen molar-refractivity contribution in [3.63, 3.8) is 0 Å². The Hall–Kier alpha value is -1.32. The highest BCUT2D eigenvalue weighted by atomic mass is 35.7. The van der Waals surface area contributed by atoms with E-state index in [2.05, 4.69) is 0 Å². The number of benzene rings is 1. The summed E-state index contributed by atoms with van der Waals surface area (Å²) < 4.78 is 40.6. The van der Waals surface area contributed by atoms with Gasteiger partial charge in [0.1, 0.15) is 16.5 Å². The van der Waals surface area contributed by atoms with Gasteiger partial charge in [0.2, 0.25) is 0 Å². The molecular formula is C11H11ClFNO3S. The lowest BCUT2D eigenvalue weighted by Gasteiger charge is -2.09. The molecule has 0 fully saturated rings. The molecule has 1 aromatic carbocycles. The Bertz CT molecular complexity index is 554. The Labute approximate surface area is 109 Å². The number of nitriles is 1. The second kappa shape index (κ2) is 6.57. The van der Waals surface area contributed by atoms with E-state index in [-0.39, 0.29) is 17.3 Å². The minimum absolute atomic E-state index is 0.0170. The molecule has 0 heterocycles. The van der Waals surface area contributed by atoms with Crippen LogP contribution in [-0.2, 0) is 9.05 Å². The molecule has 0 spiro atoms. The Kier molecular flexibility index (Phi) is 5.38. The molecule has 1 aromatic rings. The number of rotatable bonds is 6. The lowest BCUT2D eigenvalue weighted by Crippen LogP contribution is -2.02. The van der Waals surface area contributed by atoms with Crippen LogP contribution in [-0.4, -0.2) is 15.0 Å². The molecule has 0 atom stereocenters. The van der Waals surface area contributed by atoms with Crippen LogP contribution in [0, 0.1) is 17.1 Å². The first-order chi connectivity index (χ1) is 8.45. The fourth-order valence-electron chi connectivity index (χ4n) is 1.28. The molecule has 0 aliphatic heterocycles. The van der Waals surface area contributed by atoms with E-state index in [1.54, 1.807) is 0 Å². The van der Waals surface area contributed by atoms with Gasteiger partial charge in [0, 0.05) is 17.1 Å². The van der Waals surface area contributed by atoms with E-state index < -0.39 is 14.9 Å². The van der Waals surface area contributed by atoms with Gasteiger partial charge in [0.25, 0.3) is 9.05 Å². The third-order valence-electron chi connectivity index (χ3n) is 2.11. The molecule has 0 N–H and O–H groups in total. The zero-order valence-electron chi connectivity index (χ0n) is 9.40. The van der Waals surface area contributed by atoms with Crippen LogP contribution in [0.25, 0.3) is 0 Å². The molecule has 1 rings (SSSR count). The van der Waals surface area contributed by atoms with E-state index in [1.165, 1.54) is 6.07 Å². The molecule has 0 aliphatic carbocycles. The maximum absolute atomic E-state index is 13.0. The summed E-state index contributed by atoms with van der Waals surface area (Å²) in [6.07, 6.45) is 1.67. The average Bonchev–Trinajstić information content (AvgIpc) is 2.29. The van der Waals surface area contributed by atoms with E-state index in [0.717, 1.165) is 12.1 Å². The standard InChI is InChI=1S/C11H11ClFNO3S/c12-18(15,16)11-8-9(13)4-5-10(11)17-7-3-1-2-6-14/h4-5,8H,1-3,7H2. The molecule has 18 heavy (non-hydrogen) atoms. The van der Waals surface area contributed by atoms with Crippen molar-refractivity contribution in [3.05, 3.63) is 24.0 Å². The number of nitrogens with zero attached hydrogens (tertiary/aromatic N) is 1. The van der Waals surface area contributed by atoms with Gasteiger partial charge in [-0.25, -0.2) is 12.8 Å². The summed E-state index contributed by atoms with van der Waals surface area (Å²) in [5.41, 5.74) is 0. The lowest BCUT2D eigenvalue weighted by molar-refractivity contribution is 0.299. The van der Waals surface area contributed by atoms with Crippen LogP contribution in [0.15, 0.2) is 23.1 Å². The minimum atomic E-state index is -4.05. The summed E-state index contributed by atoms with van der Waals surface area (Å²) in [5, 5.41) is 8.33. The van der Waals surface area contributed by atoms with Gasteiger partial charge in [-0.2, -0.15) is 5.26 Å². The van der Waals surface area contributed by atoms with Crippen LogP contribution in [0.1, 0.15) is 19.3 Å². The van der Waals surface area contributed by atoms with Crippen LogP contribution in [0.4, 0.5) is 4.39 Å². The van der Waals surface area contributed by atoms with Crippen molar-refractivity contribution in [2.75, 3.05) is 6.61 Å². The van der Waals surface area contributed by atoms with Gasteiger partial charge >= 0.3 is 0 Å². The monoisotopic (exact) mass is 291 g/mol. The van der Waals surface area contributed by atoms with Gasteiger partial charge in [-0.1, -0.05) is 0 Å². The van der Waals surface area contributed by atoms with Crippen LogP contribution >= 0.6 is 10.7 Å². The van der Waals surface area contributed by atoms with Gasteiger partial charge in [-0.15, -0.1) is 0 Å². The Morgan fingerprint density at radius 2 is 2.11 bits per heavy atom. The smallest absolute Gasteiger partial charge is 0.265 e. The Morgan fingerprint density at radius 1 is 1.39 bits per heavy atom. The maximum atomic E-state index is 13.0. The Morgan fingerprint density at radius 3 is 2.72 bits per heavy atom. The van der Waals surface area contributed by atoms with Gasteiger partial charge in [0.15, 0.2) is 0 Å². The molecule has 0 unspecified atom stereocenters. The quantitative estimate of drug-likeness (QED) is 0.597. The van der Waals surface area contributed by atoms with Crippen molar-refractivity contribution in [1.29, 1.82) is 5.26 Å². The van der Waals surface area contributed by atoms with E-state index in [0.29, 0.717) is 19.3 Å². The molecule has 0 radical (unpaired) electrons. The van der Waals surface area contributed by atoms with Crippen LogP contribution in [0.5, 0.6) is 5.75 Å². The highest BCUT2D eigenvalue weighted by Crippen LogP contribution is 2.27. The normalized spacial score (nSPS) is 10.9. The van der Waals surface area contributed by atoms with Crippen molar-refractivity contribution in [2.45, 2.75) is 24.2 Å². The second-order valence-corrected chi connectivity index (χ2v) is 6.03. The highest BCUT2D eigenvalue weighted by Gasteiger charge is 2.17. The number of ether oxygens (including phenoxy) is 1. The van der Waals surface area contributed by atoms with Crippen molar-refractivity contribution < 1.29 is 17.5 Å². The van der Waals surface area contributed by atoms with E-state index in [4.69, 9.17) is 20.7 Å². The molecule has 0 saturated carbocycles. The summed E-state index contributed by atoms with van der Waals surface area (Å²) in [6.45, 7) is 0.243. The largest absolute Gasteiger partial charge is 0.492 e. The molecule has 4 nitrogen and oxygen atoms in total. The third-order valence-corrected chi connectivity index (χ3v) is 3.45. The first kappa shape index (κ1) is 14.7. The van der Waals surface area contributed by atoms with E-state index >= 15 is 0 Å². The molecule has 0 amide bonds. The number of hydrogen-bond donors (Lipinski definition) is 0. The van der Waals surface area contributed by atoms with E-state index in [9.17, 15) is 12.8 Å². The summed E-state index contributed by atoms with van der Waals surface area (Å²) in [7, 11) is 1.13. The third kappa shape index (κ3) is 4.51. The predicted octanol–water partition coefficient (Wildman–Crippen LogP) is 2.83. The predicted molar refractivity (Wildman–Crippen MR) is 64.4 cm³/mol. The van der Waals surface area contributed by atoms with Crippen LogP contribution in [0.3, 0.4) is 0 Å². The zero-order valence-corrected chi connectivity index (χ0v) is 11.0. The summed E-state index contributed by atoms with van der Waals surface area (Å²) in [4.78, 5) is -0.385. The molecule has 0 saturated heterocycles. The molecule has 7 heteroatoms. The SMILES string of the molecule is N#CCCCCOc1ccc(F)cc1S(=O)(=O)Cl. The fourth-order valence-corrected chi connectivity index (χ4v) is 2.26. The summed E-state index contributed by atoms with van der Waals surface area (Å²) in [5.74, 6) is -0.686. The molecular weight excluding hydrogens is 281 g/mol. The van der Waals surface area contributed by atoms with Crippen molar-refractivity contribution in [3.8, 4) is 11.8 Å². The van der Waals surface area contributed by atoms with Crippen molar-refractivity contribution >= 4 is 19.7 Å². The van der Waals surface area contributed by atoms with Crippen LogP contribution < -0.4 is 4.74 Å². The number of halogens is 2.